The molecule has 0 amide bonds. The van der Waals surface area contributed by atoms with Crippen LogP contribution in [-0.4, -0.2) is 83.0 Å². The minimum Gasteiger partial charge on any atom is -0.383 e. The second-order valence-corrected chi connectivity index (χ2v) is 7.21. The predicted octanol–water partition coefficient (Wildman–Crippen LogP) is 2.64. The van der Waals surface area contributed by atoms with Gasteiger partial charge in [0.25, 0.3) is 0 Å². The zero-order valence-electron chi connectivity index (χ0n) is 17.5. The molecule has 1 fully saturated rings. The highest BCUT2D eigenvalue weighted by Gasteiger charge is 2.39. The second-order valence-electron chi connectivity index (χ2n) is 7.21. The van der Waals surface area contributed by atoms with Gasteiger partial charge in [0.1, 0.15) is 0 Å². The lowest BCUT2D eigenvalue weighted by Gasteiger charge is -2.41. The summed E-state index contributed by atoms with van der Waals surface area (Å²) in [5, 5.41) is 0. The number of morpholine rings is 1. The number of hydrogen-bond donors (Lipinski definition) is 0. The second kappa shape index (κ2) is 11.3. The van der Waals surface area contributed by atoms with Gasteiger partial charge in [0.05, 0.1) is 32.0 Å². The Morgan fingerprint density at radius 3 is 2.25 bits per heavy atom. The van der Waals surface area contributed by atoms with Gasteiger partial charge in [-0.05, 0) is 37.6 Å². The molecule has 1 aliphatic rings. The molecular weight excluding hydrogens is 356 g/mol. The molecule has 0 saturated carbocycles. The molecule has 0 aliphatic carbocycles. The van der Waals surface area contributed by atoms with Crippen molar-refractivity contribution >= 4 is 11.5 Å². The largest absolute Gasteiger partial charge is 0.383 e. The molecule has 0 radical (unpaired) electrons. The molecule has 1 aromatic rings. The molecule has 1 unspecified atom stereocenters. The first-order valence-electron chi connectivity index (χ1n) is 9.88. The Morgan fingerprint density at radius 2 is 1.75 bits per heavy atom. The maximum atomic E-state index is 13.4. The molecule has 0 spiro atoms. The summed E-state index contributed by atoms with van der Waals surface area (Å²) >= 11 is 0. The van der Waals surface area contributed by atoms with E-state index in [-0.39, 0.29) is 5.78 Å². The third kappa shape index (κ3) is 5.64. The SMILES string of the molecule is C=CCC(C)(C(=O)c1ccc(N(CCOC)CCOC)cc1)N1CCOCC1. The average Bonchev–Trinajstić information content (AvgIpc) is 2.74. The zero-order valence-corrected chi connectivity index (χ0v) is 17.5. The minimum absolute atomic E-state index is 0.126. The van der Waals surface area contributed by atoms with Crippen molar-refractivity contribution in [3.05, 3.63) is 42.5 Å². The van der Waals surface area contributed by atoms with Gasteiger partial charge in [0.2, 0.25) is 0 Å². The molecule has 156 valence electrons. The van der Waals surface area contributed by atoms with Crippen molar-refractivity contribution in [2.45, 2.75) is 18.9 Å². The lowest BCUT2D eigenvalue weighted by atomic mass is 9.85. The van der Waals surface area contributed by atoms with Crippen molar-refractivity contribution in [1.29, 1.82) is 0 Å². The third-order valence-corrected chi connectivity index (χ3v) is 5.37. The Morgan fingerprint density at radius 1 is 1.18 bits per heavy atom. The third-order valence-electron chi connectivity index (χ3n) is 5.37. The van der Waals surface area contributed by atoms with E-state index in [2.05, 4.69) is 16.4 Å². The fourth-order valence-corrected chi connectivity index (χ4v) is 3.61. The summed E-state index contributed by atoms with van der Waals surface area (Å²) in [6.07, 6.45) is 2.44. The van der Waals surface area contributed by atoms with Gasteiger partial charge >= 0.3 is 0 Å². The lowest BCUT2D eigenvalue weighted by Crippen LogP contribution is -2.56. The first kappa shape index (κ1) is 22.6. The van der Waals surface area contributed by atoms with Gasteiger partial charge < -0.3 is 19.1 Å². The standard InChI is InChI=1S/C22H34N2O4/c1-5-10-22(2,24-13-17-28-18-14-24)21(25)19-6-8-20(9-7-19)23(11-15-26-3)12-16-27-4/h5-9H,1,10-18H2,2-4H3. The van der Waals surface area contributed by atoms with Crippen LogP contribution in [0.4, 0.5) is 5.69 Å². The number of hydrogen-bond acceptors (Lipinski definition) is 6. The van der Waals surface area contributed by atoms with E-state index in [1.54, 1.807) is 14.2 Å². The molecule has 1 aromatic carbocycles. The minimum atomic E-state index is -0.598. The summed E-state index contributed by atoms with van der Waals surface area (Å²) in [5.41, 5.74) is 1.18. The van der Waals surface area contributed by atoms with Crippen LogP contribution in [0.25, 0.3) is 0 Å². The molecule has 28 heavy (non-hydrogen) atoms. The Kier molecular flexibility index (Phi) is 9.12. The van der Waals surface area contributed by atoms with Crippen molar-refractivity contribution in [1.82, 2.24) is 4.90 Å². The van der Waals surface area contributed by atoms with Crippen LogP contribution in [0, 0.1) is 0 Å². The van der Waals surface area contributed by atoms with Gasteiger partial charge in [-0.3, -0.25) is 9.69 Å². The highest BCUT2D eigenvalue weighted by Crippen LogP contribution is 2.27. The summed E-state index contributed by atoms with van der Waals surface area (Å²) in [5.74, 6) is 0.126. The molecular formula is C22H34N2O4. The number of anilines is 1. The van der Waals surface area contributed by atoms with Crippen LogP contribution in [0.1, 0.15) is 23.7 Å². The Bertz CT molecular complexity index is 605. The molecule has 0 N–H and O–H groups in total. The number of benzene rings is 1. The Hall–Kier alpha value is -1.73. The molecule has 1 heterocycles. The van der Waals surface area contributed by atoms with E-state index in [1.807, 2.05) is 37.3 Å². The summed E-state index contributed by atoms with van der Waals surface area (Å²) in [4.78, 5) is 17.8. The molecule has 2 rings (SSSR count). The van der Waals surface area contributed by atoms with E-state index < -0.39 is 5.54 Å². The van der Waals surface area contributed by atoms with Crippen LogP contribution in [-0.2, 0) is 14.2 Å². The molecule has 1 atom stereocenters. The summed E-state index contributed by atoms with van der Waals surface area (Å²) < 4.78 is 15.9. The van der Waals surface area contributed by atoms with Gasteiger partial charge in [-0.15, -0.1) is 6.58 Å². The highest BCUT2D eigenvalue weighted by atomic mass is 16.5. The monoisotopic (exact) mass is 390 g/mol. The normalized spacial score (nSPS) is 17.1. The maximum Gasteiger partial charge on any atom is 0.183 e. The lowest BCUT2D eigenvalue weighted by molar-refractivity contribution is -0.00871. The van der Waals surface area contributed by atoms with Gasteiger partial charge in [-0.25, -0.2) is 0 Å². The highest BCUT2D eigenvalue weighted by molar-refractivity contribution is 6.03. The van der Waals surface area contributed by atoms with Gasteiger partial charge in [-0.2, -0.15) is 0 Å². The fourth-order valence-electron chi connectivity index (χ4n) is 3.61. The average molecular weight is 391 g/mol. The topological polar surface area (TPSA) is 51.2 Å². The summed E-state index contributed by atoms with van der Waals surface area (Å²) in [6.45, 7) is 11.5. The number of ether oxygens (including phenoxy) is 3. The van der Waals surface area contributed by atoms with Crippen molar-refractivity contribution in [3.8, 4) is 0 Å². The van der Waals surface area contributed by atoms with Crippen molar-refractivity contribution < 1.29 is 19.0 Å². The molecule has 6 nitrogen and oxygen atoms in total. The van der Waals surface area contributed by atoms with E-state index in [4.69, 9.17) is 14.2 Å². The number of carbonyl (C=O) groups is 1. The van der Waals surface area contributed by atoms with E-state index in [9.17, 15) is 4.79 Å². The van der Waals surface area contributed by atoms with Gasteiger partial charge in [0.15, 0.2) is 5.78 Å². The number of rotatable bonds is 12. The number of carbonyl (C=O) groups excluding carboxylic acids is 1. The van der Waals surface area contributed by atoms with Crippen LogP contribution in [0.2, 0.25) is 0 Å². The number of methoxy groups -OCH3 is 2. The fraction of sp³-hybridized carbons (Fsp3) is 0.591. The van der Waals surface area contributed by atoms with E-state index >= 15 is 0 Å². The van der Waals surface area contributed by atoms with E-state index in [0.29, 0.717) is 32.8 Å². The quantitative estimate of drug-likeness (QED) is 0.404. The van der Waals surface area contributed by atoms with E-state index in [0.717, 1.165) is 37.4 Å². The maximum absolute atomic E-state index is 13.4. The Labute approximate surface area is 169 Å². The number of Topliss-reactive ketones (excluding diaryl/α,β-unsaturated/α-hetero) is 1. The first-order chi connectivity index (χ1) is 13.6. The number of nitrogens with zero attached hydrogens (tertiary/aromatic N) is 2. The van der Waals surface area contributed by atoms with Crippen LogP contribution in [0.3, 0.4) is 0 Å². The van der Waals surface area contributed by atoms with Crippen LogP contribution in [0.5, 0.6) is 0 Å². The Balaban J connectivity index is 2.18. The molecule has 1 aliphatic heterocycles. The number of ketones is 1. The van der Waals surface area contributed by atoms with Crippen molar-refractivity contribution in [2.24, 2.45) is 0 Å². The molecule has 0 aromatic heterocycles. The summed E-state index contributed by atoms with van der Waals surface area (Å²) in [7, 11) is 3.39. The molecule has 0 bridgehead atoms. The van der Waals surface area contributed by atoms with E-state index in [1.165, 1.54) is 0 Å². The van der Waals surface area contributed by atoms with Gasteiger partial charge in [-0.1, -0.05) is 6.08 Å². The zero-order chi connectivity index (χ0) is 20.4. The van der Waals surface area contributed by atoms with Crippen LogP contribution >= 0.6 is 0 Å². The molecule has 1 saturated heterocycles. The van der Waals surface area contributed by atoms with Crippen molar-refractivity contribution in [2.75, 3.05) is 71.7 Å². The first-order valence-corrected chi connectivity index (χ1v) is 9.88. The van der Waals surface area contributed by atoms with Crippen molar-refractivity contribution in [3.63, 3.8) is 0 Å². The van der Waals surface area contributed by atoms with Crippen LogP contribution in [0.15, 0.2) is 36.9 Å². The van der Waals surface area contributed by atoms with Crippen LogP contribution < -0.4 is 4.90 Å². The van der Waals surface area contributed by atoms with Gasteiger partial charge in [0, 0.05) is 51.6 Å². The smallest absolute Gasteiger partial charge is 0.183 e. The molecule has 6 heteroatoms. The predicted molar refractivity (Wildman–Crippen MR) is 112 cm³/mol. The summed E-state index contributed by atoms with van der Waals surface area (Å²) in [6, 6.07) is 7.86.